The van der Waals surface area contributed by atoms with Gasteiger partial charge in [-0.2, -0.15) is 5.10 Å². The summed E-state index contributed by atoms with van der Waals surface area (Å²) in [6, 6.07) is 21.8. The maximum Gasteiger partial charge on any atom is 0.228 e. The summed E-state index contributed by atoms with van der Waals surface area (Å²) < 4.78 is 14.7. The van der Waals surface area contributed by atoms with Crippen molar-refractivity contribution in [2.24, 2.45) is 0 Å². The number of carbonyl (C=O) groups excluding carboxylic acids is 1. The van der Waals surface area contributed by atoms with E-state index in [1.54, 1.807) is 18.6 Å². The number of hydrogen-bond donors (Lipinski definition) is 4. The molecular weight excluding hydrogens is 595 g/mol. The van der Waals surface area contributed by atoms with Crippen molar-refractivity contribution in [1.82, 2.24) is 40.0 Å². The summed E-state index contributed by atoms with van der Waals surface area (Å²) in [5.74, 6) is -0.0100. The smallest absolute Gasteiger partial charge is 0.228 e. The molecule has 234 valence electrons. The molecule has 0 bridgehead atoms. The van der Waals surface area contributed by atoms with Crippen LogP contribution < -0.4 is 10.6 Å². The van der Waals surface area contributed by atoms with Crippen molar-refractivity contribution < 1.29 is 9.18 Å². The highest BCUT2D eigenvalue weighted by Crippen LogP contribution is 2.32. The second-order valence-electron chi connectivity index (χ2n) is 11.4. The molecule has 0 saturated heterocycles. The normalized spacial score (nSPS) is 11.4. The lowest BCUT2D eigenvalue weighted by Gasteiger charge is -2.12. The molecule has 47 heavy (non-hydrogen) atoms. The fraction of sp³-hybridized carbons (Fsp3) is 0.143. The van der Waals surface area contributed by atoms with E-state index in [0.717, 1.165) is 28.7 Å². The van der Waals surface area contributed by atoms with E-state index in [0.29, 0.717) is 57.4 Å². The Morgan fingerprint density at radius 3 is 2.55 bits per heavy atom. The van der Waals surface area contributed by atoms with Gasteiger partial charge in [0.05, 0.1) is 40.7 Å². The minimum absolute atomic E-state index is 0.135. The fourth-order valence-electron chi connectivity index (χ4n) is 5.37. The molecule has 5 heterocycles. The third-order valence-electron chi connectivity index (χ3n) is 7.62. The van der Waals surface area contributed by atoms with E-state index in [4.69, 9.17) is 9.97 Å². The van der Waals surface area contributed by atoms with Crippen molar-refractivity contribution in [2.45, 2.75) is 6.42 Å². The van der Waals surface area contributed by atoms with Crippen LogP contribution in [0.25, 0.3) is 56.1 Å². The molecule has 11 nitrogen and oxygen atoms in total. The number of amides is 1. The van der Waals surface area contributed by atoms with Crippen LogP contribution in [-0.2, 0) is 11.2 Å². The van der Waals surface area contributed by atoms with Crippen LogP contribution >= 0.6 is 0 Å². The van der Waals surface area contributed by atoms with Gasteiger partial charge in [-0.1, -0.05) is 30.3 Å². The molecule has 4 N–H and O–H groups in total. The molecule has 0 fully saturated rings. The number of carbonyl (C=O) groups is 1. The van der Waals surface area contributed by atoms with Crippen molar-refractivity contribution in [3.05, 3.63) is 103 Å². The van der Waals surface area contributed by atoms with Crippen LogP contribution in [0.3, 0.4) is 0 Å². The molecule has 0 aliphatic carbocycles. The van der Waals surface area contributed by atoms with Gasteiger partial charge < -0.3 is 20.5 Å². The average molecular weight is 627 g/mol. The summed E-state index contributed by atoms with van der Waals surface area (Å²) in [5.41, 5.74) is 7.87. The molecular formula is C35H31FN10O. The number of fused-ring (bicyclic) bond motifs is 2. The van der Waals surface area contributed by atoms with Crippen molar-refractivity contribution in [3.8, 4) is 34.0 Å². The van der Waals surface area contributed by atoms with Crippen molar-refractivity contribution in [3.63, 3.8) is 0 Å². The quantitative estimate of drug-likeness (QED) is 0.147. The first-order valence-electron chi connectivity index (χ1n) is 15.1. The number of rotatable bonds is 10. The second-order valence-corrected chi connectivity index (χ2v) is 11.4. The lowest BCUT2D eigenvalue weighted by Crippen LogP contribution is -2.20. The number of nitrogens with zero attached hydrogens (tertiary/aromatic N) is 6. The Balaban J connectivity index is 1.18. The first-order valence-corrected chi connectivity index (χ1v) is 15.1. The van der Waals surface area contributed by atoms with E-state index < -0.39 is 0 Å². The number of nitrogens with one attached hydrogen (secondary N) is 4. The Morgan fingerprint density at radius 1 is 0.872 bits per heavy atom. The Hall–Kier alpha value is -6.01. The second kappa shape index (κ2) is 12.8. The first kappa shape index (κ1) is 29.7. The highest BCUT2D eigenvalue weighted by Gasteiger charge is 2.18. The van der Waals surface area contributed by atoms with E-state index >= 15 is 0 Å². The van der Waals surface area contributed by atoms with Gasteiger partial charge in [0.1, 0.15) is 16.9 Å². The van der Waals surface area contributed by atoms with Crippen molar-refractivity contribution in [1.29, 1.82) is 0 Å². The largest absolute Gasteiger partial charge is 0.384 e. The number of imidazole rings is 1. The van der Waals surface area contributed by atoms with Gasteiger partial charge in [-0.15, -0.1) is 0 Å². The zero-order valence-electron chi connectivity index (χ0n) is 25.8. The monoisotopic (exact) mass is 626 g/mol. The molecule has 7 aromatic rings. The summed E-state index contributed by atoms with van der Waals surface area (Å²) in [6.07, 6.45) is 5.23. The SMILES string of the molecule is CN(C)CCNc1cc(F)cc(-c2nccc3[nH]c(-c4n[nH]c5ccc(-c6cncc(NC(=O)Cc7ccccc7)c6)nc45)nc23)c1. The van der Waals surface area contributed by atoms with Crippen LogP contribution in [0, 0.1) is 5.82 Å². The Labute approximate surface area is 269 Å². The number of aromatic amines is 2. The Bertz CT molecular complexity index is 2210. The van der Waals surface area contributed by atoms with Crippen LogP contribution in [0.15, 0.2) is 91.4 Å². The summed E-state index contributed by atoms with van der Waals surface area (Å²) in [7, 11) is 3.98. The first-order chi connectivity index (χ1) is 22.9. The van der Waals surface area contributed by atoms with Crippen LogP contribution in [0.2, 0.25) is 0 Å². The minimum atomic E-state index is -0.367. The number of likely N-dealkylation sites (N-methyl/N-ethyl adjacent to an activating group) is 1. The molecule has 0 spiro atoms. The van der Waals surface area contributed by atoms with Crippen molar-refractivity contribution in [2.75, 3.05) is 37.8 Å². The zero-order valence-corrected chi connectivity index (χ0v) is 25.8. The molecule has 2 aromatic carbocycles. The molecule has 0 aliphatic heterocycles. The number of H-pyrrole nitrogens is 2. The van der Waals surface area contributed by atoms with Gasteiger partial charge in [0, 0.05) is 42.3 Å². The molecule has 0 atom stereocenters. The van der Waals surface area contributed by atoms with Gasteiger partial charge in [-0.05, 0) is 62.1 Å². The van der Waals surface area contributed by atoms with Crippen LogP contribution in [0.4, 0.5) is 15.8 Å². The Kier molecular flexibility index (Phi) is 8.07. The maximum absolute atomic E-state index is 14.7. The van der Waals surface area contributed by atoms with E-state index in [-0.39, 0.29) is 18.1 Å². The van der Waals surface area contributed by atoms with Gasteiger partial charge >= 0.3 is 0 Å². The third-order valence-corrected chi connectivity index (χ3v) is 7.62. The summed E-state index contributed by atoms with van der Waals surface area (Å²) in [6.45, 7) is 1.48. The van der Waals surface area contributed by atoms with Gasteiger partial charge in [0.2, 0.25) is 5.91 Å². The Morgan fingerprint density at radius 2 is 1.70 bits per heavy atom. The molecule has 1 amide bonds. The van der Waals surface area contributed by atoms with Gasteiger partial charge in [0.15, 0.2) is 11.5 Å². The van der Waals surface area contributed by atoms with Gasteiger partial charge in [-0.25, -0.2) is 14.4 Å². The lowest BCUT2D eigenvalue weighted by atomic mass is 10.1. The lowest BCUT2D eigenvalue weighted by molar-refractivity contribution is -0.115. The predicted octanol–water partition coefficient (Wildman–Crippen LogP) is 5.92. The fourth-order valence-corrected chi connectivity index (χ4v) is 5.37. The predicted molar refractivity (Wildman–Crippen MR) is 181 cm³/mol. The van der Waals surface area contributed by atoms with Crippen molar-refractivity contribution >= 4 is 39.3 Å². The molecule has 0 radical (unpaired) electrons. The molecule has 0 unspecified atom stereocenters. The van der Waals surface area contributed by atoms with Gasteiger partial charge in [0.25, 0.3) is 0 Å². The average Bonchev–Trinajstić information content (AvgIpc) is 3.69. The number of halogens is 1. The highest BCUT2D eigenvalue weighted by atomic mass is 19.1. The molecule has 12 heteroatoms. The van der Waals surface area contributed by atoms with Crippen LogP contribution in [0.5, 0.6) is 0 Å². The third kappa shape index (κ3) is 6.53. The summed E-state index contributed by atoms with van der Waals surface area (Å²) in [5, 5.41) is 13.8. The zero-order chi connectivity index (χ0) is 32.3. The molecule has 5 aromatic heterocycles. The number of benzene rings is 2. The topological polar surface area (TPSA) is 140 Å². The number of pyridine rings is 3. The maximum atomic E-state index is 14.7. The molecule has 0 saturated carbocycles. The minimum Gasteiger partial charge on any atom is -0.384 e. The summed E-state index contributed by atoms with van der Waals surface area (Å²) >= 11 is 0. The van der Waals surface area contributed by atoms with Crippen LogP contribution in [0.1, 0.15) is 5.56 Å². The number of aromatic nitrogens is 7. The van der Waals surface area contributed by atoms with E-state index in [1.807, 2.05) is 74.8 Å². The highest BCUT2D eigenvalue weighted by molar-refractivity contribution is 5.96. The molecule has 7 rings (SSSR count). The van der Waals surface area contributed by atoms with E-state index in [2.05, 4.69) is 40.7 Å². The number of anilines is 2. The molecule has 0 aliphatic rings. The van der Waals surface area contributed by atoms with Gasteiger partial charge in [-0.3, -0.25) is 19.9 Å². The standard InChI is InChI=1S/C35H31FN10O/c1-46(2)13-12-38-25-16-22(15-24(36)18-25)31-32-28(10-11-39-31)42-35(43-32)34-33-29(44-45-34)9-8-27(41-33)23-17-26(20-37-19-23)40-30(47)14-21-6-4-3-5-7-21/h3-11,15-20,38H,12-14H2,1-2H3,(H,40,47)(H,42,43)(H,44,45). The van der Waals surface area contributed by atoms with Crippen LogP contribution in [-0.4, -0.2) is 73.1 Å². The number of hydrogen-bond acceptors (Lipinski definition) is 8. The van der Waals surface area contributed by atoms with E-state index in [1.165, 1.54) is 12.1 Å². The summed E-state index contributed by atoms with van der Waals surface area (Å²) in [4.78, 5) is 36.7. The van der Waals surface area contributed by atoms with E-state index in [9.17, 15) is 9.18 Å².